The number of pyridine rings is 1. The van der Waals surface area contributed by atoms with Crippen LogP contribution in [0.3, 0.4) is 0 Å². The van der Waals surface area contributed by atoms with Crippen molar-refractivity contribution in [2.45, 2.75) is 44.6 Å². The number of halogens is 1. The largest absolute Gasteiger partial charge is 0.369 e. The van der Waals surface area contributed by atoms with Gasteiger partial charge in [-0.05, 0) is 33.3 Å². The van der Waals surface area contributed by atoms with Crippen LogP contribution in [-0.2, 0) is 10.0 Å². The SMILES string of the molecule is CCNc1ncc(S(=O)(=O)NC(C)(C)CC)cc1Cl. The van der Waals surface area contributed by atoms with Gasteiger partial charge in [-0.1, -0.05) is 18.5 Å². The van der Waals surface area contributed by atoms with Gasteiger partial charge in [-0.3, -0.25) is 0 Å². The first-order valence-corrected chi connectivity index (χ1v) is 8.01. The van der Waals surface area contributed by atoms with Crippen LogP contribution in [0.5, 0.6) is 0 Å². The average molecular weight is 306 g/mol. The average Bonchev–Trinajstić information content (AvgIpc) is 2.30. The molecule has 0 fully saturated rings. The molecule has 108 valence electrons. The Balaban J connectivity index is 3.06. The maximum absolute atomic E-state index is 12.2. The molecule has 1 rings (SSSR count). The number of anilines is 1. The third-order valence-electron chi connectivity index (χ3n) is 2.77. The second-order valence-corrected chi connectivity index (χ2v) is 6.96. The molecule has 0 saturated carbocycles. The van der Waals surface area contributed by atoms with E-state index in [2.05, 4.69) is 15.0 Å². The number of sulfonamides is 1. The van der Waals surface area contributed by atoms with Crippen molar-refractivity contribution in [3.63, 3.8) is 0 Å². The van der Waals surface area contributed by atoms with E-state index in [1.165, 1.54) is 12.3 Å². The van der Waals surface area contributed by atoms with Crippen molar-refractivity contribution < 1.29 is 8.42 Å². The van der Waals surface area contributed by atoms with Gasteiger partial charge in [0.2, 0.25) is 10.0 Å². The number of nitrogens with zero attached hydrogens (tertiary/aromatic N) is 1. The molecule has 0 aliphatic carbocycles. The zero-order chi connectivity index (χ0) is 14.7. The van der Waals surface area contributed by atoms with Crippen LogP contribution in [0.2, 0.25) is 5.02 Å². The van der Waals surface area contributed by atoms with Gasteiger partial charge in [-0.15, -0.1) is 0 Å². The molecule has 0 bridgehead atoms. The van der Waals surface area contributed by atoms with E-state index in [1.54, 1.807) is 0 Å². The molecule has 0 saturated heterocycles. The van der Waals surface area contributed by atoms with Gasteiger partial charge in [0.25, 0.3) is 0 Å². The summed E-state index contributed by atoms with van der Waals surface area (Å²) in [5.74, 6) is 0.484. The minimum atomic E-state index is -3.61. The maximum atomic E-state index is 12.2. The topological polar surface area (TPSA) is 71.1 Å². The van der Waals surface area contributed by atoms with Crippen LogP contribution in [0.1, 0.15) is 34.1 Å². The smallest absolute Gasteiger partial charge is 0.242 e. The van der Waals surface area contributed by atoms with Crippen LogP contribution >= 0.6 is 11.6 Å². The van der Waals surface area contributed by atoms with Crippen LogP contribution in [0.15, 0.2) is 17.2 Å². The molecule has 0 aliphatic heterocycles. The molecule has 0 atom stereocenters. The fourth-order valence-corrected chi connectivity index (χ4v) is 3.11. The lowest BCUT2D eigenvalue weighted by Gasteiger charge is -2.24. The van der Waals surface area contributed by atoms with Gasteiger partial charge in [-0.2, -0.15) is 0 Å². The molecule has 7 heteroatoms. The lowest BCUT2D eigenvalue weighted by molar-refractivity contribution is 0.439. The summed E-state index contributed by atoms with van der Waals surface area (Å²) >= 11 is 6.00. The normalized spacial score (nSPS) is 12.5. The van der Waals surface area contributed by atoms with Gasteiger partial charge >= 0.3 is 0 Å². The van der Waals surface area contributed by atoms with Crippen molar-refractivity contribution in [2.75, 3.05) is 11.9 Å². The molecule has 0 aromatic carbocycles. The summed E-state index contributed by atoms with van der Waals surface area (Å²) in [4.78, 5) is 4.10. The lowest BCUT2D eigenvalue weighted by Crippen LogP contribution is -2.42. The van der Waals surface area contributed by atoms with Gasteiger partial charge in [0.15, 0.2) is 0 Å². The molecule has 1 aromatic rings. The standard InChI is InChI=1S/C12H20ClN3O2S/c1-5-12(3,4)16-19(17,18)9-7-10(13)11(14-6-2)15-8-9/h7-8,16H,5-6H2,1-4H3,(H,14,15). The Morgan fingerprint density at radius 3 is 2.47 bits per heavy atom. The van der Waals surface area contributed by atoms with Gasteiger partial charge in [0.1, 0.15) is 10.7 Å². The van der Waals surface area contributed by atoms with Gasteiger partial charge < -0.3 is 5.32 Å². The highest BCUT2D eigenvalue weighted by atomic mass is 35.5. The predicted molar refractivity (Wildman–Crippen MR) is 78.1 cm³/mol. The van der Waals surface area contributed by atoms with E-state index in [9.17, 15) is 8.42 Å². The van der Waals surface area contributed by atoms with E-state index in [1.807, 2.05) is 27.7 Å². The number of nitrogens with one attached hydrogen (secondary N) is 2. The van der Waals surface area contributed by atoms with Crippen molar-refractivity contribution in [2.24, 2.45) is 0 Å². The molecule has 1 aromatic heterocycles. The van der Waals surface area contributed by atoms with E-state index in [4.69, 9.17) is 11.6 Å². The van der Waals surface area contributed by atoms with Gasteiger partial charge in [-0.25, -0.2) is 18.1 Å². The molecule has 0 aliphatic rings. The van der Waals surface area contributed by atoms with Crippen LogP contribution < -0.4 is 10.0 Å². The zero-order valence-corrected chi connectivity index (χ0v) is 13.2. The summed E-state index contributed by atoms with van der Waals surface area (Å²) in [5.41, 5.74) is -0.508. The first kappa shape index (κ1) is 16.2. The minimum Gasteiger partial charge on any atom is -0.369 e. The number of aromatic nitrogens is 1. The summed E-state index contributed by atoms with van der Waals surface area (Å²) in [6.45, 7) is 8.15. The molecular weight excluding hydrogens is 286 g/mol. The Morgan fingerprint density at radius 2 is 2.00 bits per heavy atom. The van der Waals surface area contributed by atoms with Crippen molar-refractivity contribution in [1.82, 2.24) is 9.71 Å². The third-order valence-corrected chi connectivity index (χ3v) is 4.72. The lowest BCUT2D eigenvalue weighted by atomic mass is 10.0. The van der Waals surface area contributed by atoms with Crippen LogP contribution in [0.4, 0.5) is 5.82 Å². The van der Waals surface area contributed by atoms with Crippen molar-refractivity contribution in [3.05, 3.63) is 17.3 Å². The van der Waals surface area contributed by atoms with Gasteiger partial charge in [0.05, 0.1) is 5.02 Å². The van der Waals surface area contributed by atoms with E-state index >= 15 is 0 Å². The van der Waals surface area contributed by atoms with Crippen LogP contribution in [0, 0.1) is 0 Å². The summed E-state index contributed by atoms with van der Waals surface area (Å²) < 4.78 is 27.0. The Labute approximate surface area is 119 Å². The molecule has 5 nitrogen and oxygen atoms in total. The molecule has 2 N–H and O–H groups in total. The molecular formula is C12H20ClN3O2S. The highest BCUT2D eigenvalue weighted by Crippen LogP contribution is 2.23. The first-order chi connectivity index (χ1) is 8.72. The fourth-order valence-electron chi connectivity index (χ4n) is 1.36. The first-order valence-electron chi connectivity index (χ1n) is 6.15. The quantitative estimate of drug-likeness (QED) is 0.847. The molecule has 19 heavy (non-hydrogen) atoms. The Kier molecular flexibility index (Phi) is 5.18. The molecule has 0 unspecified atom stereocenters. The second-order valence-electron chi connectivity index (χ2n) is 4.87. The predicted octanol–water partition coefficient (Wildman–Crippen LogP) is 2.63. The van der Waals surface area contributed by atoms with E-state index in [-0.39, 0.29) is 4.90 Å². The summed E-state index contributed by atoms with van der Waals surface area (Å²) in [7, 11) is -3.61. The Hall–Kier alpha value is -0.850. The number of hydrogen-bond donors (Lipinski definition) is 2. The van der Waals surface area contributed by atoms with Crippen molar-refractivity contribution in [1.29, 1.82) is 0 Å². The van der Waals surface area contributed by atoms with Crippen LogP contribution in [0.25, 0.3) is 0 Å². The maximum Gasteiger partial charge on any atom is 0.242 e. The summed E-state index contributed by atoms with van der Waals surface area (Å²) in [6, 6.07) is 1.40. The van der Waals surface area contributed by atoms with Crippen molar-refractivity contribution >= 4 is 27.4 Å². The molecule has 0 spiro atoms. The number of hydrogen-bond acceptors (Lipinski definition) is 4. The highest BCUT2D eigenvalue weighted by Gasteiger charge is 2.25. The molecule has 1 heterocycles. The van der Waals surface area contributed by atoms with Gasteiger partial charge in [0, 0.05) is 18.3 Å². The summed E-state index contributed by atoms with van der Waals surface area (Å²) in [6.07, 6.45) is 1.99. The van der Waals surface area contributed by atoms with E-state index in [0.29, 0.717) is 23.8 Å². The monoisotopic (exact) mass is 305 g/mol. The Morgan fingerprint density at radius 1 is 1.37 bits per heavy atom. The molecule has 0 radical (unpaired) electrons. The van der Waals surface area contributed by atoms with E-state index < -0.39 is 15.6 Å². The van der Waals surface area contributed by atoms with Crippen LogP contribution in [-0.4, -0.2) is 25.5 Å². The minimum absolute atomic E-state index is 0.0701. The second kappa shape index (κ2) is 6.07. The van der Waals surface area contributed by atoms with Crippen molar-refractivity contribution in [3.8, 4) is 0 Å². The zero-order valence-electron chi connectivity index (χ0n) is 11.6. The third kappa shape index (κ3) is 4.33. The fraction of sp³-hybridized carbons (Fsp3) is 0.583. The van der Waals surface area contributed by atoms with E-state index in [0.717, 1.165) is 0 Å². The Bertz CT molecular complexity index is 544. The molecule has 0 amide bonds. The summed E-state index contributed by atoms with van der Waals surface area (Å²) in [5, 5.41) is 3.25. The number of rotatable bonds is 6. The highest BCUT2D eigenvalue weighted by molar-refractivity contribution is 7.89.